The number of allylic oxidation sites excluding steroid dienone is 1. The molecule has 126 valence electrons. The van der Waals surface area contributed by atoms with E-state index >= 15 is 0 Å². The molecule has 1 heterocycles. The van der Waals surface area contributed by atoms with Gasteiger partial charge in [0.2, 0.25) is 0 Å². The van der Waals surface area contributed by atoms with Gasteiger partial charge in [-0.2, -0.15) is 0 Å². The Kier molecular flexibility index (Phi) is 7.68. The third-order valence-corrected chi connectivity index (χ3v) is 7.14. The molecule has 0 fully saturated rings. The van der Waals surface area contributed by atoms with E-state index in [1.54, 1.807) is 0 Å². The Balaban J connectivity index is 2.80. The van der Waals surface area contributed by atoms with E-state index in [0.717, 1.165) is 10.8 Å². The lowest BCUT2D eigenvalue weighted by Gasteiger charge is -2.03. The van der Waals surface area contributed by atoms with Gasteiger partial charge in [0.15, 0.2) is 13.3 Å². The van der Waals surface area contributed by atoms with Crippen LogP contribution in [-0.2, 0) is 22.3 Å². The van der Waals surface area contributed by atoms with Crippen molar-refractivity contribution < 1.29 is 22.3 Å². The van der Waals surface area contributed by atoms with Crippen molar-refractivity contribution in [3.63, 3.8) is 0 Å². The topological polar surface area (TPSA) is 125 Å². The first kappa shape index (κ1) is 20.1. The number of nitrogens with zero attached hydrogens (tertiary/aromatic N) is 1. The van der Waals surface area contributed by atoms with Crippen molar-refractivity contribution in [2.75, 3.05) is 19.5 Å². The highest BCUT2D eigenvalue weighted by molar-refractivity contribution is 7.66. The lowest BCUT2D eigenvalue weighted by molar-refractivity contribution is 0.394. The van der Waals surface area contributed by atoms with Crippen LogP contribution in [0.2, 0.25) is 5.02 Å². The van der Waals surface area contributed by atoms with E-state index in [1.807, 2.05) is 4.98 Å². The van der Waals surface area contributed by atoms with Crippen molar-refractivity contribution in [1.82, 2.24) is 9.55 Å². The average Bonchev–Trinajstić information content (AvgIpc) is 2.38. The summed E-state index contributed by atoms with van der Waals surface area (Å²) >= 11 is 5.60. The zero-order valence-corrected chi connectivity index (χ0v) is 15.6. The second-order valence-electron chi connectivity index (χ2n) is 4.19. The third-order valence-electron chi connectivity index (χ3n) is 2.24. The van der Waals surface area contributed by atoms with Crippen LogP contribution in [0.15, 0.2) is 21.9 Å². The van der Waals surface area contributed by atoms with Gasteiger partial charge in [-0.3, -0.25) is 18.9 Å². The molecule has 0 aliphatic rings. The fourth-order valence-corrected chi connectivity index (χ4v) is 5.90. The molecule has 9 nitrogen and oxygen atoms in total. The summed E-state index contributed by atoms with van der Waals surface area (Å²) < 4.78 is 44.9. The zero-order valence-electron chi connectivity index (χ0n) is 12.2. The molecule has 1 N–H and O–H groups in total. The zero-order chi connectivity index (χ0) is 17.6. The maximum atomic E-state index is 12.2. The monoisotopic (exact) mass is 402 g/mol. The highest BCUT2D eigenvalue weighted by Gasteiger charge is 2.40. The molecular weight excluding hydrogens is 388 g/mol. The molecule has 0 aliphatic carbocycles. The van der Waals surface area contributed by atoms with Crippen LogP contribution in [-0.4, -0.2) is 29.0 Å². The molecule has 1 aromatic rings. The average molecular weight is 403 g/mol. The van der Waals surface area contributed by atoms with Gasteiger partial charge in [0.1, 0.15) is 5.02 Å². The first-order valence-electron chi connectivity index (χ1n) is 6.11. The molecule has 0 bridgehead atoms. The molecule has 0 aromatic carbocycles. The summed E-state index contributed by atoms with van der Waals surface area (Å²) in [6, 6.07) is 0. The van der Waals surface area contributed by atoms with Crippen LogP contribution in [0, 0.1) is 0 Å². The summed E-state index contributed by atoms with van der Waals surface area (Å²) in [5, 5.41) is -0.169. The van der Waals surface area contributed by atoms with Crippen LogP contribution in [0.3, 0.4) is 0 Å². The molecule has 0 saturated heterocycles. The van der Waals surface area contributed by atoms with E-state index < -0.39 is 34.9 Å². The number of hydrogen-bond donors (Lipinski definition) is 1. The number of halogens is 1. The van der Waals surface area contributed by atoms with E-state index in [-0.39, 0.29) is 17.6 Å². The third kappa shape index (κ3) is 7.00. The highest BCUT2D eigenvalue weighted by atomic mass is 35.5. The first-order chi connectivity index (χ1) is 10.6. The van der Waals surface area contributed by atoms with Crippen molar-refractivity contribution in [3.05, 3.63) is 38.1 Å². The largest absolute Gasteiger partial charge is 0.513 e. The molecule has 2 atom stereocenters. The van der Waals surface area contributed by atoms with Crippen LogP contribution < -0.4 is 11.2 Å². The van der Waals surface area contributed by atoms with Crippen molar-refractivity contribution in [2.24, 2.45) is 0 Å². The first-order valence-corrected chi connectivity index (χ1v) is 11.5. The summed E-state index contributed by atoms with van der Waals surface area (Å²) in [6.45, 7) is 2.40. The van der Waals surface area contributed by atoms with E-state index in [4.69, 9.17) is 20.2 Å². The van der Waals surface area contributed by atoms with Gasteiger partial charge in [0.25, 0.3) is 5.56 Å². The quantitative estimate of drug-likeness (QED) is 0.662. The molecule has 13 heteroatoms. The molecule has 1 rings (SSSR count). The Morgan fingerprint density at radius 2 is 1.87 bits per heavy atom. The highest BCUT2D eigenvalue weighted by Crippen LogP contribution is 2.59. The lowest BCUT2D eigenvalue weighted by atomic mass is 10.4. The maximum absolute atomic E-state index is 12.2. The smallest absolute Gasteiger partial charge is 0.275 e. The van der Waals surface area contributed by atoms with Crippen LogP contribution >= 0.6 is 35.3 Å². The Bertz CT molecular complexity index is 780. The molecule has 0 saturated carbocycles. The van der Waals surface area contributed by atoms with Gasteiger partial charge in [-0.05, 0) is 15.6 Å². The second-order valence-corrected chi connectivity index (χ2v) is 9.34. The standard InChI is InChI=1S/C10H13ClN2O7P3/c1-21(16)19-23(18,20-22(2)17)6-4-3-5-13-7-8(11)9(14)12-10(13)15/h3,5,7H,4,6H2,1-2H3/q+1/p+1/b5-3-. The molecular formula is C10H14ClN2O7P3+2. The Morgan fingerprint density at radius 1 is 1.30 bits per heavy atom. The van der Waals surface area contributed by atoms with Crippen molar-refractivity contribution in [2.45, 2.75) is 6.42 Å². The van der Waals surface area contributed by atoms with Crippen molar-refractivity contribution >= 4 is 41.5 Å². The SMILES string of the molecule is C[P+](=O)OP(=O)(CC/C=C\n1cc(Cl)c(=O)[nH]c1=O)O[P+](C)=O. The second kappa shape index (κ2) is 8.78. The molecule has 0 radical (unpaired) electrons. The number of aromatic amines is 1. The Labute approximate surface area is 137 Å². The normalized spacial score (nSPS) is 15.4. The number of nitrogens with one attached hydrogen (secondary N) is 1. The van der Waals surface area contributed by atoms with Gasteiger partial charge in [-0.25, -0.2) is 4.79 Å². The van der Waals surface area contributed by atoms with Crippen LogP contribution in [0.1, 0.15) is 6.42 Å². The fraction of sp³-hybridized carbons (Fsp3) is 0.400. The fourth-order valence-electron chi connectivity index (χ4n) is 1.44. The molecule has 0 amide bonds. The molecule has 0 aliphatic heterocycles. The number of aromatic nitrogens is 2. The van der Waals surface area contributed by atoms with Crippen molar-refractivity contribution in [3.8, 4) is 0 Å². The number of H-pyrrole nitrogens is 1. The predicted octanol–water partition coefficient (Wildman–Crippen LogP) is 3.02. The van der Waals surface area contributed by atoms with Crippen LogP contribution in [0.4, 0.5) is 0 Å². The van der Waals surface area contributed by atoms with E-state index in [0.29, 0.717) is 0 Å². The van der Waals surface area contributed by atoms with Crippen LogP contribution in [0.5, 0.6) is 0 Å². The van der Waals surface area contributed by atoms with Gasteiger partial charge in [-0.1, -0.05) is 26.3 Å². The van der Waals surface area contributed by atoms with Gasteiger partial charge >= 0.3 is 29.3 Å². The Morgan fingerprint density at radius 3 is 2.39 bits per heavy atom. The van der Waals surface area contributed by atoms with E-state index in [2.05, 4.69) is 0 Å². The summed E-state index contributed by atoms with van der Waals surface area (Å²) in [6.07, 6.45) is 3.80. The van der Waals surface area contributed by atoms with E-state index in [9.17, 15) is 23.3 Å². The van der Waals surface area contributed by atoms with Gasteiger partial charge in [-0.15, -0.1) is 0 Å². The number of rotatable bonds is 8. The van der Waals surface area contributed by atoms with Gasteiger partial charge < -0.3 is 0 Å². The molecule has 0 spiro atoms. The number of hydrogen-bond acceptors (Lipinski definition) is 7. The van der Waals surface area contributed by atoms with Crippen LogP contribution in [0.25, 0.3) is 6.20 Å². The van der Waals surface area contributed by atoms with Gasteiger partial charge in [0, 0.05) is 12.4 Å². The maximum Gasteiger partial charge on any atom is 0.513 e. The molecule has 23 heavy (non-hydrogen) atoms. The van der Waals surface area contributed by atoms with Gasteiger partial charge in [0.05, 0.1) is 6.16 Å². The summed E-state index contributed by atoms with van der Waals surface area (Å²) in [7, 11) is -8.17. The summed E-state index contributed by atoms with van der Waals surface area (Å²) in [4.78, 5) is 24.6. The van der Waals surface area contributed by atoms with Crippen molar-refractivity contribution in [1.29, 1.82) is 0 Å². The molecule has 1 aromatic heterocycles. The summed E-state index contributed by atoms with van der Waals surface area (Å²) in [5.74, 6) is 0. The molecule has 2 unspecified atom stereocenters. The summed E-state index contributed by atoms with van der Waals surface area (Å²) in [5.41, 5.74) is -1.40. The minimum absolute atomic E-state index is 0.118. The van der Waals surface area contributed by atoms with E-state index in [1.165, 1.54) is 25.6 Å². The Hall–Kier alpha value is -0.940. The minimum atomic E-state index is -3.77. The minimum Gasteiger partial charge on any atom is -0.275 e. The lowest BCUT2D eigenvalue weighted by Crippen LogP contribution is -2.26. The predicted molar refractivity (Wildman–Crippen MR) is 88.0 cm³/mol.